The molecule has 1 spiro atoms. The summed E-state index contributed by atoms with van der Waals surface area (Å²) < 4.78 is 0. The van der Waals surface area contributed by atoms with E-state index >= 15 is 0 Å². The maximum Gasteiger partial charge on any atom is 0.0450 e. The first kappa shape index (κ1) is 12.9. The van der Waals surface area contributed by atoms with Gasteiger partial charge in [0.2, 0.25) is 0 Å². The van der Waals surface area contributed by atoms with Gasteiger partial charge in [-0.3, -0.25) is 0 Å². The highest BCUT2D eigenvalue weighted by atomic mass is 15.2. The molecule has 2 aromatic carbocycles. The lowest BCUT2D eigenvalue weighted by molar-refractivity contribution is 0.314. The summed E-state index contributed by atoms with van der Waals surface area (Å²) in [5.41, 5.74) is 6.19. The van der Waals surface area contributed by atoms with Gasteiger partial charge in [-0.25, -0.2) is 0 Å². The highest BCUT2D eigenvalue weighted by molar-refractivity contribution is 5.74. The zero-order valence-corrected chi connectivity index (χ0v) is 12.8. The predicted molar refractivity (Wildman–Crippen MR) is 89.4 cm³/mol. The van der Waals surface area contributed by atoms with Gasteiger partial charge in [-0.05, 0) is 43.0 Å². The Bertz CT molecular complexity index is 652. The quantitative estimate of drug-likeness (QED) is 0.679. The Kier molecular flexibility index (Phi) is 3.02. The Balaban J connectivity index is 1.83. The van der Waals surface area contributed by atoms with Crippen LogP contribution in [0.15, 0.2) is 48.5 Å². The Morgan fingerprint density at radius 1 is 0.810 bits per heavy atom. The van der Waals surface area contributed by atoms with Crippen molar-refractivity contribution in [3.8, 4) is 0 Å². The van der Waals surface area contributed by atoms with E-state index < -0.39 is 0 Å². The first-order chi connectivity index (χ1) is 10.3. The van der Waals surface area contributed by atoms with Gasteiger partial charge in [0.15, 0.2) is 0 Å². The third-order valence-electron chi connectivity index (χ3n) is 5.44. The van der Waals surface area contributed by atoms with Crippen molar-refractivity contribution in [2.24, 2.45) is 0 Å². The fourth-order valence-electron chi connectivity index (χ4n) is 4.37. The molecule has 4 rings (SSSR count). The zero-order chi connectivity index (χ0) is 14.3. The van der Waals surface area contributed by atoms with Crippen LogP contribution in [-0.2, 0) is 5.41 Å². The number of anilines is 2. The van der Waals surface area contributed by atoms with E-state index in [1.807, 2.05) is 0 Å². The van der Waals surface area contributed by atoms with Crippen LogP contribution in [0.4, 0.5) is 11.4 Å². The van der Waals surface area contributed by atoms with E-state index in [1.165, 1.54) is 49.0 Å². The van der Waals surface area contributed by atoms with Crippen molar-refractivity contribution in [2.75, 3.05) is 11.4 Å². The molecule has 1 nitrogen and oxygen atoms in total. The van der Waals surface area contributed by atoms with Crippen molar-refractivity contribution in [1.82, 2.24) is 0 Å². The van der Waals surface area contributed by atoms with E-state index in [4.69, 9.17) is 0 Å². The van der Waals surface area contributed by atoms with Crippen molar-refractivity contribution in [2.45, 2.75) is 44.4 Å². The number of benzene rings is 2. The summed E-state index contributed by atoms with van der Waals surface area (Å²) in [6.45, 7) is 3.39. The number of fused-ring (bicyclic) bond motifs is 2. The maximum absolute atomic E-state index is 2.57. The maximum atomic E-state index is 2.57. The van der Waals surface area contributed by atoms with Crippen molar-refractivity contribution in [3.05, 3.63) is 59.7 Å². The smallest absolute Gasteiger partial charge is 0.0450 e. The summed E-state index contributed by atoms with van der Waals surface area (Å²) >= 11 is 0. The summed E-state index contributed by atoms with van der Waals surface area (Å²) in [4.78, 5) is 2.57. The lowest BCUT2D eigenvalue weighted by atomic mass is 9.71. The molecule has 1 aliphatic heterocycles. The molecule has 21 heavy (non-hydrogen) atoms. The van der Waals surface area contributed by atoms with Crippen LogP contribution in [0.1, 0.15) is 43.2 Å². The number of hydrogen-bond acceptors (Lipinski definition) is 1. The molecule has 1 fully saturated rings. The molecule has 0 amide bonds. The van der Waals surface area contributed by atoms with Crippen LogP contribution in [-0.4, -0.2) is 6.54 Å². The van der Waals surface area contributed by atoms with Gasteiger partial charge in [-0.1, -0.05) is 55.7 Å². The molecule has 0 atom stereocenters. The van der Waals surface area contributed by atoms with E-state index in [0.717, 1.165) is 6.54 Å². The van der Waals surface area contributed by atoms with E-state index in [2.05, 4.69) is 60.4 Å². The third kappa shape index (κ3) is 1.98. The summed E-state index contributed by atoms with van der Waals surface area (Å²) in [5, 5.41) is 0. The third-order valence-corrected chi connectivity index (χ3v) is 5.44. The second-order valence-electron chi connectivity index (χ2n) is 6.73. The number of rotatable bonds is 1. The van der Waals surface area contributed by atoms with Crippen LogP contribution in [0.3, 0.4) is 0 Å². The van der Waals surface area contributed by atoms with Crippen molar-refractivity contribution >= 4 is 11.4 Å². The van der Waals surface area contributed by atoms with Crippen molar-refractivity contribution in [3.63, 3.8) is 0 Å². The number of nitrogens with zero attached hydrogens (tertiary/aromatic N) is 1. The van der Waals surface area contributed by atoms with Gasteiger partial charge in [-0.2, -0.15) is 0 Å². The van der Waals surface area contributed by atoms with Gasteiger partial charge in [0, 0.05) is 23.3 Å². The second kappa shape index (κ2) is 4.91. The molecular weight excluding hydrogens is 254 g/mol. The van der Waals surface area contributed by atoms with Gasteiger partial charge < -0.3 is 4.90 Å². The molecule has 2 aliphatic rings. The summed E-state index contributed by atoms with van der Waals surface area (Å²) in [5.74, 6) is 0. The van der Waals surface area contributed by atoms with Crippen LogP contribution in [0.25, 0.3) is 0 Å². The minimum Gasteiger partial charge on any atom is -0.340 e. The van der Waals surface area contributed by atoms with Crippen LogP contribution < -0.4 is 4.90 Å². The number of hydrogen-bond donors (Lipinski definition) is 0. The van der Waals surface area contributed by atoms with Gasteiger partial charge in [0.25, 0.3) is 0 Å². The average molecular weight is 277 g/mol. The molecule has 0 radical (unpaired) electrons. The Morgan fingerprint density at radius 3 is 2.24 bits per heavy atom. The SMILES string of the molecule is Cc1ccccc1N1CC2(CCCCC2)c2ccccc21. The molecule has 0 aromatic heterocycles. The minimum absolute atomic E-state index is 0.400. The highest BCUT2D eigenvalue weighted by Crippen LogP contribution is 2.51. The molecule has 1 heterocycles. The van der Waals surface area contributed by atoms with E-state index in [-0.39, 0.29) is 0 Å². The van der Waals surface area contributed by atoms with Crippen molar-refractivity contribution < 1.29 is 0 Å². The van der Waals surface area contributed by atoms with E-state index in [0.29, 0.717) is 5.41 Å². The topological polar surface area (TPSA) is 3.24 Å². The monoisotopic (exact) mass is 277 g/mol. The summed E-state index contributed by atoms with van der Waals surface area (Å²) in [6.07, 6.45) is 6.89. The van der Waals surface area contributed by atoms with Crippen molar-refractivity contribution in [1.29, 1.82) is 0 Å². The average Bonchev–Trinajstić information content (AvgIpc) is 2.84. The molecule has 2 aromatic rings. The molecule has 1 saturated carbocycles. The molecular formula is C20H23N. The van der Waals surface area contributed by atoms with Gasteiger partial charge in [0.05, 0.1) is 0 Å². The molecule has 0 unspecified atom stereocenters. The highest BCUT2D eigenvalue weighted by Gasteiger charge is 2.43. The molecule has 0 saturated heterocycles. The molecule has 0 N–H and O–H groups in total. The standard InChI is InChI=1S/C20H23N/c1-16-9-3-5-11-18(16)21-15-20(13-7-2-8-14-20)17-10-4-6-12-19(17)21/h3-6,9-12H,2,7-8,13-15H2,1H3. The van der Waals surface area contributed by atoms with E-state index in [1.54, 1.807) is 5.56 Å². The van der Waals surface area contributed by atoms with Gasteiger partial charge in [-0.15, -0.1) is 0 Å². The van der Waals surface area contributed by atoms with Gasteiger partial charge >= 0.3 is 0 Å². The first-order valence-electron chi connectivity index (χ1n) is 8.23. The van der Waals surface area contributed by atoms with Crippen LogP contribution in [0.2, 0.25) is 0 Å². The fraction of sp³-hybridized carbons (Fsp3) is 0.400. The minimum atomic E-state index is 0.400. The van der Waals surface area contributed by atoms with Crippen LogP contribution in [0, 0.1) is 6.92 Å². The first-order valence-corrected chi connectivity index (χ1v) is 8.23. The van der Waals surface area contributed by atoms with Gasteiger partial charge in [0.1, 0.15) is 0 Å². The summed E-state index contributed by atoms with van der Waals surface area (Å²) in [7, 11) is 0. The number of aryl methyl sites for hydroxylation is 1. The largest absolute Gasteiger partial charge is 0.340 e. The van der Waals surface area contributed by atoms with Crippen LogP contribution >= 0.6 is 0 Å². The summed E-state index contributed by atoms with van der Waals surface area (Å²) in [6, 6.07) is 17.9. The Morgan fingerprint density at radius 2 is 1.48 bits per heavy atom. The normalized spacial score (nSPS) is 19.8. The van der Waals surface area contributed by atoms with E-state index in [9.17, 15) is 0 Å². The second-order valence-corrected chi connectivity index (χ2v) is 6.73. The molecule has 0 bridgehead atoms. The lowest BCUT2D eigenvalue weighted by Gasteiger charge is -2.34. The Hall–Kier alpha value is -1.76. The molecule has 1 aliphatic carbocycles. The number of para-hydroxylation sites is 2. The van der Waals surface area contributed by atoms with Crippen LogP contribution in [0.5, 0.6) is 0 Å². The lowest BCUT2D eigenvalue weighted by Crippen LogP contribution is -2.33. The fourth-order valence-corrected chi connectivity index (χ4v) is 4.37. The zero-order valence-electron chi connectivity index (χ0n) is 12.8. The predicted octanol–water partition coefficient (Wildman–Crippen LogP) is 5.35. The Labute approximate surface area is 127 Å². The molecule has 1 heteroatoms. The molecule has 108 valence electrons.